The van der Waals surface area contributed by atoms with Crippen molar-refractivity contribution in [2.45, 2.75) is 51.5 Å². The molecule has 6 rings (SSSR count). The summed E-state index contributed by atoms with van der Waals surface area (Å²) in [5.41, 5.74) is 2.45. The first-order valence-electron chi connectivity index (χ1n) is 13.2. The molecular formula is C29H31F2N7. The fourth-order valence-corrected chi connectivity index (χ4v) is 5.36. The Kier molecular flexibility index (Phi) is 6.39. The molecule has 1 unspecified atom stereocenters. The normalized spacial score (nSPS) is 19.2. The Balaban J connectivity index is 1.43. The molecule has 1 saturated heterocycles. The maximum Gasteiger partial charge on any atom is 0.162 e. The van der Waals surface area contributed by atoms with Gasteiger partial charge in [0, 0.05) is 35.9 Å². The fraction of sp³-hybridized carbons (Fsp3) is 0.379. The molecule has 1 aliphatic heterocycles. The highest BCUT2D eigenvalue weighted by molar-refractivity contribution is 5.93. The summed E-state index contributed by atoms with van der Waals surface area (Å²) in [6.45, 7) is 6.39. The highest BCUT2D eigenvalue weighted by atomic mass is 19.1. The van der Waals surface area contributed by atoms with Gasteiger partial charge in [0.15, 0.2) is 5.82 Å². The number of piperidine rings is 1. The zero-order chi connectivity index (χ0) is 26.3. The van der Waals surface area contributed by atoms with E-state index in [-0.39, 0.29) is 17.1 Å². The molecule has 196 valence electrons. The monoisotopic (exact) mass is 515 g/mol. The topological polar surface area (TPSA) is 87.7 Å². The first kappa shape index (κ1) is 24.6. The second kappa shape index (κ2) is 9.87. The standard InChI is InChI=1S/C29H31F2N7/c1-29(2)16-32-11-10-23(29)36-28-25-19(17-5-3-6-17)14-33-15-22(25)35-27(38-28)18-9-12-34-24(13-18)37-26-20(30)7-4-8-21(26)31/h4,7-9,12-15,17,23,32H,3,5-6,10-11,16H2,1-2H3,(H,34,37)(H,35,36,38). The SMILES string of the molecule is CC1(C)CNCCC1Nc1nc(-c2ccnc(Nc3c(F)cccc3F)c2)nc2cncc(C3CCC3)c12. The van der Waals surface area contributed by atoms with Crippen LogP contribution in [-0.2, 0) is 0 Å². The number of fused-ring (bicyclic) bond motifs is 1. The van der Waals surface area contributed by atoms with Crippen LogP contribution in [0.15, 0.2) is 48.9 Å². The third-order valence-corrected chi connectivity index (χ3v) is 7.86. The Bertz CT molecular complexity index is 1470. The second-order valence-corrected chi connectivity index (χ2v) is 10.9. The predicted molar refractivity (Wildman–Crippen MR) is 145 cm³/mol. The largest absolute Gasteiger partial charge is 0.366 e. The van der Waals surface area contributed by atoms with Crippen molar-refractivity contribution >= 4 is 28.2 Å². The number of nitrogens with zero attached hydrogens (tertiary/aromatic N) is 4. The van der Waals surface area contributed by atoms with E-state index in [1.54, 1.807) is 24.5 Å². The van der Waals surface area contributed by atoms with E-state index in [9.17, 15) is 8.78 Å². The minimum atomic E-state index is -0.690. The van der Waals surface area contributed by atoms with Gasteiger partial charge < -0.3 is 16.0 Å². The molecule has 1 aromatic carbocycles. The molecule has 0 spiro atoms. The summed E-state index contributed by atoms with van der Waals surface area (Å²) in [7, 11) is 0. The van der Waals surface area contributed by atoms with Crippen molar-refractivity contribution in [1.82, 2.24) is 25.3 Å². The maximum absolute atomic E-state index is 14.2. The van der Waals surface area contributed by atoms with E-state index in [2.05, 4.69) is 39.8 Å². The zero-order valence-electron chi connectivity index (χ0n) is 21.6. The Morgan fingerprint density at radius 1 is 1.03 bits per heavy atom. The number of rotatable bonds is 6. The first-order valence-corrected chi connectivity index (χ1v) is 13.2. The van der Waals surface area contributed by atoms with Crippen LogP contribution in [0.3, 0.4) is 0 Å². The average molecular weight is 516 g/mol. The third-order valence-electron chi connectivity index (χ3n) is 7.86. The third kappa shape index (κ3) is 4.67. The van der Waals surface area contributed by atoms with Crippen molar-refractivity contribution in [3.63, 3.8) is 0 Å². The van der Waals surface area contributed by atoms with Gasteiger partial charge in [-0.25, -0.2) is 23.7 Å². The maximum atomic E-state index is 14.2. The Hall–Kier alpha value is -3.72. The van der Waals surface area contributed by atoms with Crippen LogP contribution < -0.4 is 16.0 Å². The summed E-state index contributed by atoms with van der Waals surface area (Å²) in [5, 5.41) is 11.1. The van der Waals surface area contributed by atoms with Gasteiger partial charge in [-0.1, -0.05) is 26.3 Å². The van der Waals surface area contributed by atoms with Gasteiger partial charge in [0.1, 0.15) is 29.0 Å². The molecule has 3 N–H and O–H groups in total. The smallest absolute Gasteiger partial charge is 0.162 e. The van der Waals surface area contributed by atoms with Crippen molar-refractivity contribution < 1.29 is 8.78 Å². The molecule has 1 atom stereocenters. The van der Waals surface area contributed by atoms with Gasteiger partial charge in [0.05, 0.1) is 11.7 Å². The van der Waals surface area contributed by atoms with E-state index in [4.69, 9.17) is 9.97 Å². The number of pyridine rings is 2. The van der Waals surface area contributed by atoms with Crippen molar-refractivity contribution in [2.75, 3.05) is 23.7 Å². The highest BCUT2D eigenvalue weighted by Crippen LogP contribution is 2.42. The number of para-hydroxylation sites is 1. The van der Waals surface area contributed by atoms with Crippen LogP contribution in [0, 0.1) is 17.0 Å². The van der Waals surface area contributed by atoms with Crippen LogP contribution in [-0.4, -0.2) is 39.1 Å². The van der Waals surface area contributed by atoms with Crippen LogP contribution in [0.4, 0.5) is 26.1 Å². The lowest BCUT2D eigenvalue weighted by Gasteiger charge is -2.40. The van der Waals surface area contributed by atoms with E-state index in [0.717, 1.165) is 49.1 Å². The Labute approximate surface area is 220 Å². The molecule has 2 fully saturated rings. The number of nitrogens with one attached hydrogen (secondary N) is 3. The van der Waals surface area contributed by atoms with Gasteiger partial charge in [-0.2, -0.15) is 0 Å². The van der Waals surface area contributed by atoms with E-state index in [1.807, 2.05) is 6.20 Å². The number of hydrogen-bond acceptors (Lipinski definition) is 7. The van der Waals surface area contributed by atoms with E-state index < -0.39 is 11.6 Å². The van der Waals surface area contributed by atoms with Crippen LogP contribution >= 0.6 is 0 Å². The fourth-order valence-electron chi connectivity index (χ4n) is 5.36. The van der Waals surface area contributed by atoms with Crippen LogP contribution in [0.1, 0.15) is 51.0 Å². The number of aromatic nitrogens is 4. The molecule has 38 heavy (non-hydrogen) atoms. The van der Waals surface area contributed by atoms with Gasteiger partial charge >= 0.3 is 0 Å². The van der Waals surface area contributed by atoms with E-state index in [0.29, 0.717) is 23.1 Å². The van der Waals surface area contributed by atoms with Gasteiger partial charge in [0.2, 0.25) is 0 Å². The van der Waals surface area contributed by atoms with Gasteiger partial charge in [-0.15, -0.1) is 0 Å². The van der Waals surface area contributed by atoms with Gasteiger partial charge in [-0.3, -0.25) is 4.98 Å². The molecule has 4 aromatic rings. The lowest BCUT2D eigenvalue weighted by molar-refractivity contribution is 0.236. The molecule has 3 aromatic heterocycles. The molecule has 0 amide bonds. The minimum Gasteiger partial charge on any atom is -0.366 e. The first-order chi connectivity index (χ1) is 18.4. The number of anilines is 3. The number of benzene rings is 1. The molecule has 9 heteroatoms. The van der Waals surface area contributed by atoms with Gasteiger partial charge in [0.25, 0.3) is 0 Å². The molecule has 1 saturated carbocycles. The zero-order valence-corrected chi connectivity index (χ0v) is 21.6. The summed E-state index contributed by atoms with van der Waals surface area (Å²) in [6.07, 6.45) is 9.83. The highest BCUT2D eigenvalue weighted by Gasteiger charge is 2.33. The molecule has 7 nitrogen and oxygen atoms in total. The molecular weight excluding hydrogens is 484 g/mol. The molecule has 2 aliphatic rings. The number of halogens is 2. The van der Waals surface area contributed by atoms with Crippen molar-refractivity contribution in [2.24, 2.45) is 5.41 Å². The molecule has 0 radical (unpaired) electrons. The molecule has 1 aliphatic carbocycles. The summed E-state index contributed by atoms with van der Waals surface area (Å²) < 4.78 is 28.5. The van der Waals surface area contributed by atoms with Crippen molar-refractivity contribution in [3.8, 4) is 11.4 Å². The van der Waals surface area contributed by atoms with E-state index in [1.165, 1.54) is 30.2 Å². The lowest BCUT2D eigenvalue weighted by atomic mass is 9.78. The van der Waals surface area contributed by atoms with Crippen LogP contribution in [0.25, 0.3) is 22.3 Å². The molecule has 4 heterocycles. The Morgan fingerprint density at radius 2 is 1.84 bits per heavy atom. The molecule has 0 bridgehead atoms. The predicted octanol–water partition coefficient (Wildman–Crippen LogP) is 6.18. The van der Waals surface area contributed by atoms with Crippen LogP contribution in [0.5, 0.6) is 0 Å². The van der Waals surface area contributed by atoms with Crippen molar-refractivity contribution in [1.29, 1.82) is 0 Å². The van der Waals surface area contributed by atoms with E-state index >= 15 is 0 Å². The summed E-state index contributed by atoms with van der Waals surface area (Å²) in [5.74, 6) is 0.689. The lowest BCUT2D eigenvalue weighted by Crippen LogP contribution is -2.49. The van der Waals surface area contributed by atoms with Crippen molar-refractivity contribution in [3.05, 3.63) is 66.1 Å². The summed E-state index contributed by atoms with van der Waals surface area (Å²) in [6, 6.07) is 7.46. The van der Waals surface area contributed by atoms with Crippen LogP contribution in [0.2, 0.25) is 0 Å². The quantitative estimate of drug-likeness (QED) is 0.283. The number of hydrogen-bond donors (Lipinski definition) is 3. The van der Waals surface area contributed by atoms with Gasteiger partial charge in [-0.05, 0) is 67.0 Å². The minimum absolute atomic E-state index is 0.0386. The Morgan fingerprint density at radius 3 is 2.58 bits per heavy atom. The summed E-state index contributed by atoms with van der Waals surface area (Å²) >= 11 is 0. The summed E-state index contributed by atoms with van der Waals surface area (Å²) in [4.78, 5) is 18.7. The average Bonchev–Trinajstić information content (AvgIpc) is 2.86. The second-order valence-electron chi connectivity index (χ2n) is 10.9.